The smallest absolute Gasteiger partial charge is 0.320 e. The number of hydrogen-bond acceptors (Lipinski definition) is 3. The Hall–Kier alpha value is -2.72. The van der Waals surface area contributed by atoms with Crippen LogP contribution < -0.4 is 0 Å². The molecular weight excluding hydrogens is 324 g/mol. The summed E-state index contributed by atoms with van der Waals surface area (Å²) in [5.74, 6) is -0.750. The second-order valence-electron chi connectivity index (χ2n) is 6.91. The highest BCUT2D eigenvalue weighted by molar-refractivity contribution is 5.86. The average Bonchev–Trinajstić information content (AvgIpc) is 3.12. The molecular formula is C22H22N2O2. The summed E-state index contributed by atoms with van der Waals surface area (Å²) in [6, 6.07) is 19.9. The molecule has 1 saturated heterocycles. The summed E-state index contributed by atoms with van der Waals surface area (Å²) >= 11 is 0. The Kier molecular flexibility index (Phi) is 4.43. The van der Waals surface area contributed by atoms with Crippen molar-refractivity contribution in [2.24, 2.45) is 0 Å². The molecule has 0 bridgehead atoms. The maximum atomic E-state index is 11.8. The van der Waals surface area contributed by atoms with Crippen molar-refractivity contribution >= 4 is 16.7 Å². The van der Waals surface area contributed by atoms with Gasteiger partial charge >= 0.3 is 5.97 Å². The van der Waals surface area contributed by atoms with Gasteiger partial charge in [-0.15, -0.1) is 0 Å². The third kappa shape index (κ3) is 2.97. The van der Waals surface area contributed by atoms with Crippen LogP contribution in [0, 0.1) is 6.92 Å². The van der Waals surface area contributed by atoms with Gasteiger partial charge in [-0.05, 0) is 48.2 Å². The van der Waals surface area contributed by atoms with E-state index in [4.69, 9.17) is 4.98 Å². The van der Waals surface area contributed by atoms with Crippen LogP contribution >= 0.6 is 0 Å². The minimum absolute atomic E-state index is 0.162. The van der Waals surface area contributed by atoms with Gasteiger partial charge in [0.1, 0.15) is 6.04 Å². The normalized spacial score (nSPS) is 18.9. The predicted octanol–water partition coefficient (Wildman–Crippen LogP) is 4.18. The van der Waals surface area contributed by atoms with E-state index in [2.05, 4.69) is 29.2 Å². The fraction of sp³-hybridized carbons (Fsp3) is 0.273. The highest BCUT2D eigenvalue weighted by Gasteiger charge is 2.37. The lowest BCUT2D eigenvalue weighted by molar-refractivity contribution is -0.142. The van der Waals surface area contributed by atoms with Crippen molar-refractivity contribution in [2.75, 3.05) is 6.54 Å². The van der Waals surface area contributed by atoms with Crippen LogP contribution in [0.15, 0.2) is 60.7 Å². The van der Waals surface area contributed by atoms with Gasteiger partial charge < -0.3 is 5.11 Å². The van der Waals surface area contributed by atoms with E-state index in [1.165, 1.54) is 0 Å². The van der Waals surface area contributed by atoms with Crippen LogP contribution in [0.2, 0.25) is 0 Å². The lowest BCUT2D eigenvalue weighted by Crippen LogP contribution is -2.39. The molecule has 26 heavy (non-hydrogen) atoms. The number of aryl methyl sites for hydroxylation is 1. The third-order valence-corrected chi connectivity index (χ3v) is 5.22. The van der Waals surface area contributed by atoms with Crippen molar-refractivity contribution < 1.29 is 9.90 Å². The van der Waals surface area contributed by atoms with Crippen LogP contribution in [0.1, 0.15) is 35.8 Å². The van der Waals surface area contributed by atoms with Gasteiger partial charge in [0, 0.05) is 12.2 Å². The van der Waals surface area contributed by atoms with Crippen molar-refractivity contribution in [3.05, 3.63) is 77.6 Å². The fourth-order valence-corrected chi connectivity index (χ4v) is 4.08. The highest BCUT2D eigenvalue weighted by Crippen LogP contribution is 2.37. The number of aromatic nitrogens is 1. The van der Waals surface area contributed by atoms with Crippen LogP contribution in [0.3, 0.4) is 0 Å². The van der Waals surface area contributed by atoms with Crippen molar-refractivity contribution in [1.82, 2.24) is 9.88 Å². The number of hydrogen-bond donors (Lipinski definition) is 1. The summed E-state index contributed by atoms with van der Waals surface area (Å²) in [5, 5.41) is 12.0. The molecule has 1 fully saturated rings. The van der Waals surface area contributed by atoms with Crippen molar-refractivity contribution in [1.29, 1.82) is 0 Å². The van der Waals surface area contributed by atoms with Crippen LogP contribution in [-0.4, -0.2) is 33.5 Å². The molecule has 0 spiro atoms. The average molecular weight is 346 g/mol. The summed E-state index contributed by atoms with van der Waals surface area (Å²) in [6.45, 7) is 2.74. The minimum atomic E-state index is -0.750. The SMILES string of the molecule is Cc1cccc(C(c2cccc3ccccc23)N2CCCC2C(=O)O)n1. The molecule has 0 aliphatic carbocycles. The molecule has 4 nitrogen and oxygen atoms in total. The molecule has 0 radical (unpaired) electrons. The number of carboxylic acid groups (broad SMARTS) is 1. The number of rotatable bonds is 4. The number of aliphatic carboxylic acids is 1. The Bertz CT molecular complexity index is 948. The molecule has 4 heteroatoms. The third-order valence-electron chi connectivity index (χ3n) is 5.22. The second-order valence-corrected chi connectivity index (χ2v) is 6.91. The zero-order valence-electron chi connectivity index (χ0n) is 14.8. The topological polar surface area (TPSA) is 53.4 Å². The standard InChI is InChI=1S/C22H22N2O2/c1-15-7-4-12-19(23-15)21(24-14-6-13-20(24)22(25)26)18-11-5-9-16-8-2-3-10-17(16)18/h2-5,7-12,20-21H,6,13-14H2,1H3,(H,25,26). The van der Waals surface area contributed by atoms with Gasteiger partial charge in [0.25, 0.3) is 0 Å². The lowest BCUT2D eigenvalue weighted by Gasteiger charge is -2.32. The number of fused-ring (bicyclic) bond motifs is 1. The Morgan fingerprint density at radius 3 is 2.69 bits per heavy atom. The van der Waals surface area contributed by atoms with Crippen LogP contribution in [0.4, 0.5) is 0 Å². The number of likely N-dealkylation sites (tertiary alicyclic amines) is 1. The van der Waals surface area contributed by atoms with Crippen molar-refractivity contribution in [2.45, 2.75) is 31.8 Å². The minimum Gasteiger partial charge on any atom is -0.480 e. The number of carbonyl (C=O) groups is 1. The summed E-state index contributed by atoms with van der Waals surface area (Å²) < 4.78 is 0. The fourth-order valence-electron chi connectivity index (χ4n) is 4.08. The van der Waals surface area contributed by atoms with E-state index >= 15 is 0 Å². The van der Waals surface area contributed by atoms with Gasteiger partial charge in [-0.3, -0.25) is 14.7 Å². The Morgan fingerprint density at radius 1 is 1.12 bits per heavy atom. The molecule has 2 unspecified atom stereocenters. The molecule has 3 aromatic rings. The first-order valence-electron chi connectivity index (χ1n) is 9.05. The van der Waals surface area contributed by atoms with Crippen LogP contribution in [-0.2, 0) is 4.79 Å². The van der Waals surface area contributed by atoms with Crippen molar-refractivity contribution in [3.8, 4) is 0 Å². The summed E-state index contributed by atoms with van der Waals surface area (Å²) in [7, 11) is 0. The van der Waals surface area contributed by atoms with Crippen molar-refractivity contribution in [3.63, 3.8) is 0 Å². The Morgan fingerprint density at radius 2 is 1.88 bits per heavy atom. The number of benzene rings is 2. The second kappa shape index (κ2) is 6.89. The molecule has 0 amide bonds. The van der Waals surface area contributed by atoms with Gasteiger partial charge in [-0.25, -0.2) is 0 Å². The molecule has 1 N–H and O–H groups in total. The summed E-state index contributed by atoms with van der Waals surface area (Å²) in [4.78, 5) is 18.7. The first kappa shape index (κ1) is 16.7. The van der Waals surface area contributed by atoms with E-state index in [-0.39, 0.29) is 6.04 Å². The maximum absolute atomic E-state index is 11.8. The van der Waals surface area contributed by atoms with Gasteiger partial charge in [0.15, 0.2) is 0 Å². The first-order valence-corrected chi connectivity index (χ1v) is 9.05. The number of pyridine rings is 1. The number of carboxylic acids is 1. The molecule has 0 saturated carbocycles. The van der Waals surface area contributed by atoms with E-state index in [0.29, 0.717) is 6.42 Å². The molecule has 132 valence electrons. The Balaban J connectivity index is 1.92. The summed E-state index contributed by atoms with van der Waals surface area (Å²) in [6.07, 6.45) is 1.58. The molecule has 2 atom stereocenters. The Labute approximate surface area is 153 Å². The predicted molar refractivity (Wildman–Crippen MR) is 102 cm³/mol. The van der Waals surface area contributed by atoms with E-state index in [1.54, 1.807) is 0 Å². The zero-order chi connectivity index (χ0) is 18.1. The van der Waals surface area contributed by atoms with Crippen LogP contribution in [0.5, 0.6) is 0 Å². The molecule has 1 aliphatic heterocycles. The van der Waals surface area contributed by atoms with E-state index in [0.717, 1.165) is 40.7 Å². The van der Waals surface area contributed by atoms with E-state index < -0.39 is 12.0 Å². The maximum Gasteiger partial charge on any atom is 0.320 e. The zero-order valence-corrected chi connectivity index (χ0v) is 14.8. The molecule has 2 heterocycles. The molecule has 1 aliphatic rings. The number of nitrogens with zero attached hydrogens (tertiary/aromatic N) is 2. The lowest BCUT2D eigenvalue weighted by atomic mass is 9.94. The van der Waals surface area contributed by atoms with Gasteiger partial charge in [0.2, 0.25) is 0 Å². The van der Waals surface area contributed by atoms with E-state index in [9.17, 15) is 9.90 Å². The van der Waals surface area contributed by atoms with Gasteiger partial charge in [0.05, 0.1) is 11.7 Å². The highest BCUT2D eigenvalue weighted by atomic mass is 16.4. The quantitative estimate of drug-likeness (QED) is 0.770. The molecule has 1 aromatic heterocycles. The van der Waals surface area contributed by atoms with E-state index in [1.807, 2.05) is 43.3 Å². The first-order chi connectivity index (χ1) is 12.6. The van der Waals surface area contributed by atoms with Gasteiger partial charge in [-0.1, -0.05) is 48.5 Å². The van der Waals surface area contributed by atoms with Crippen LogP contribution in [0.25, 0.3) is 10.8 Å². The largest absolute Gasteiger partial charge is 0.480 e. The molecule has 2 aromatic carbocycles. The monoisotopic (exact) mass is 346 g/mol. The molecule has 4 rings (SSSR count). The summed E-state index contributed by atoms with van der Waals surface area (Å²) in [5.41, 5.74) is 2.97. The van der Waals surface area contributed by atoms with Gasteiger partial charge in [-0.2, -0.15) is 0 Å².